The van der Waals surface area contributed by atoms with E-state index in [9.17, 15) is 0 Å². The van der Waals surface area contributed by atoms with E-state index in [1.54, 1.807) is 0 Å². The lowest BCUT2D eigenvalue weighted by Crippen LogP contribution is -2.52. The van der Waals surface area contributed by atoms with Crippen molar-refractivity contribution in [3.05, 3.63) is 0 Å². The van der Waals surface area contributed by atoms with E-state index in [1.807, 2.05) is 0 Å². The molecule has 2 heteroatoms. The normalized spacial score (nSPS) is 28.3. The zero-order valence-electron chi connectivity index (χ0n) is 10.2. The molecule has 1 heterocycles. The summed E-state index contributed by atoms with van der Waals surface area (Å²) in [5.74, 6) is 1.48. The summed E-state index contributed by atoms with van der Waals surface area (Å²) < 4.78 is 0. The van der Waals surface area contributed by atoms with Crippen LogP contribution in [0, 0.1) is 11.8 Å². The molecule has 84 valence electrons. The highest BCUT2D eigenvalue weighted by Gasteiger charge is 2.33. The zero-order chi connectivity index (χ0) is 10.8. The van der Waals surface area contributed by atoms with Crippen LogP contribution in [0.2, 0.25) is 0 Å². The third-order valence-electron chi connectivity index (χ3n) is 3.42. The molecule has 1 aliphatic rings. The second-order valence-electron chi connectivity index (χ2n) is 5.75. The van der Waals surface area contributed by atoms with Gasteiger partial charge in [0.15, 0.2) is 0 Å². The van der Waals surface area contributed by atoms with Crippen LogP contribution in [0.4, 0.5) is 0 Å². The van der Waals surface area contributed by atoms with Gasteiger partial charge in [-0.1, -0.05) is 13.8 Å². The van der Waals surface area contributed by atoms with Gasteiger partial charge in [0.05, 0.1) is 0 Å². The summed E-state index contributed by atoms with van der Waals surface area (Å²) in [6.45, 7) is 12.6. The number of nitrogens with two attached hydrogens (primary N) is 1. The summed E-state index contributed by atoms with van der Waals surface area (Å²) >= 11 is 0. The molecule has 1 unspecified atom stereocenters. The van der Waals surface area contributed by atoms with Crippen LogP contribution in [0.1, 0.15) is 40.5 Å². The fraction of sp³-hybridized carbons (Fsp3) is 1.00. The molecule has 0 amide bonds. The molecule has 14 heavy (non-hydrogen) atoms. The Bertz CT molecular complexity index is 175. The van der Waals surface area contributed by atoms with Crippen LogP contribution < -0.4 is 5.73 Å². The Morgan fingerprint density at radius 2 is 2.07 bits per heavy atom. The first-order valence-corrected chi connectivity index (χ1v) is 5.91. The first-order chi connectivity index (χ1) is 6.45. The standard InChI is InChI=1S/C12H26N2/c1-10(2)8-14-9-11(7-13)5-6-12(14,3)4/h10-11H,5-9,13H2,1-4H3. The minimum atomic E-state index is 0.385. The quantitative estimate of drug-likeness (QED) is 0.752. The molecule has 1 rings (SSSR count). The number of likely N-dealkylation sites (tertiary alicyclic amines) is 1. The predicted molar refractivity (Wildman–Crippen MR) is 62.3 cm³/mol. The molecule has 2 nitrogen and oxygen atoms in total. The Balaban J connectivity index is 2.56. The summed E-state index contributed by atoms with van der Waals surface area (Å²) in [6, 6.07) is 0. The topological polar surface area (TPSA) is 29.3 Å². The van der Waals surface area contributed by atoms with E-state index < -0.39 is 0 Å². The smallest absolute Gasteiger partial charge is 0.0153 e. The molecule has 1 saturated heterocycles. The van der Waals surface area contributed by atoms with E-state index in [0.717, 1.165) is 18.4 Å². The van der Waals surface area contributed by atoms with Gasteiger partial charge in [0.25, 0.3) is 0 Å². The Hall–Kier alpha value is -0.0800. The van der Waals surface area contributed by atoms with Gasteiger partial charge in [-0.2, -0.15) is 0 Å². The van der Waals surface area contributed by atoms with Gasteiger partial charge in [0.2, 0.25) is 0 Å². The van der Waals surface area contributed by atoms with Crippen LogP contribution in [-0.4, -0.2) is 30.1 Å². The molecule has 0 aromatic carbocycles. The van der Waals surface area contributed by atoms with E-state index in [2.05, 4.69) is 32.6 Å². The van der Waals surface area contributed by atoms with E-state index in [-0.39, 0.29) is 0 Å². The molecule has 0 aromatic rings. The van der Waals surface area contributed by atoms with Crippen LogP contribution in [-0.2, 0) is 0 Å². The van der Waals surface area contributed by atoms with E-state index >= 15 is 0 Å². The molecular weight excluding hydrogens is 172 g/mol. The van der Waals surface area contributed by atoms with Crippen molar-refractivity contribution >= 4 is 0 Å². The largest absolute Gasteiger partial charge is 0.330 e. The van der Waals surface area contributed by atoms with Gasteiger partial charge in [-0.05, 0) is 45.1 Å². The first kappa shape index (κ1) is 12.0. The predicted octanol–water partition coefficient (Wildman–Crippen LogP) is 2.09. The molecule has 1 atom stereocenters. The Labute approximate surface area is 88.8 Å². The third-order valence-corrected chi connectivity index (χ3v) is 3.42. The van der Waals surface area contributed by atoms with Crippen LogP contribution >= 0.6 is 0 Å². The monoisotopic (exact) mass is 198 g/mol. The highest BCUT2D eigenvalue weighted by molar-refractivity contribution is 4.89. The molecule has 0 bridgehead atoms. The fourth-order valence-electron chi connectivity index (χ4n) is 2.32. The average Bonchev–Trinajstić information content (AvgIpc) is 2.08. The summed E-state index contributed by atoms with van der Waals surface area (Å²) in [6.07, 6.45) is 2.60. The fourth-order valence-corrected chi connectivity index (χ4v) is 2.32. The van der Waals surface area contributed by atoms with Crippen molar-refractivity contribution in [2.45, 2.75) is 46.1 Å². The summed E-state index contributed by atoms with van der Waals surface area (Å²) in [7, 11) is 0. The molecule has 0 saturated carbocycles. The second-order valence-corrected chi connectivity index (χ2v) is 5.75. The van der Waals surface area contributed by atoms with Gasteiger partial charge < -0.3 is 5.73 Å². The van der Waals surface area contributed by atoms with E-state index in [4.69, 9.17) is 5.73 Å². The zero-order valence-corrected chi connectivity index (χ0v) is 10.2. The summed E-state index contributed by atoms with van der Waals surface area (Å²) in [5.41, 5.74) is 6.14. The Morgan fingerprint density at radius 3 is 2.57 bits per heavy atom. The van der Waals surface area contributed by atoms with Crippen LogP contribution in [0.5, 0.6) is 0 Å². The minimum absolute atomic E-state index is 0.385. The number of nitrogens with zero attached hydrogens (tertiary/aromatic N) is 1. The lowest BCUT2D eigenvalue weighted by Gasteiger charge is -2.46. The van der Waals surface area contributed by atoms with Crippen molar-refractivity contribution in [3.8, 4) is 0 Å². The van der Waals surface area contributed by atoms with Gasteiger partial charge in [-0.25, -0.2) is 0 Å². The summed E-state index contributed by atoms with van der Waals surface area (Å²) in [5, 5.41) is 0. The highest BCUT2D eigenvalue weighted by Crippen LogP contribution is 2.30. The van der Waals surface area contributed by atoms with Crippen LogP contribution in [0.15, 0.2) is 0 Å². The SMILES string of the molecule is CC(C)CN1CC(CN)CCC1(C)C. The van der Waals surface area contributed by atoms with Gasteiger partial charge in [-0.15, -0.1) is 0 Å². The lowest BCUT2D eigenvalue weighted by atomic mass is 9.84. The number of rotatable bonds is 3. The average molecular weight is 198 g/mol. The Kier molecular flexibility index (Phi) is 3.96. The number of piperidine rings is 1. The molecule has 2 N–H and O–H groups in total. The first-order valence-electron chi connectivity index (χ1n) is 5.91. The lowest BCUT2D eigenvalue weighted by molar-refractivity contribution is 0.0375. The number of hydrogen-bond donors (Lipinski definition) is 1. The van der Waals surface area contributed by atoms with Crippen molar-refractivity contribution in [2.24, 2.45) is 17.6 Å². The van der Waals surface area contributed by atoms with Gasteiger partial charge >= 0.3 is 0 Å². The van der Waals surface area contributed by atoms with E-state index in [0.29, 0.717) is 5.54 Å². The van der Waals surface area contributed by atoms with Crippen molar-refractivity contribution in [1.29, 1.82) is 0 Å². The maximum atomic E-state index is 5.76. The van der Waals surface area contributed by atoms with Gasteiger partial charge in [0, 0.05) is 18.6 Å². The van der Waals surface area contributed by atoms with Crippen LogP contribution in [0.3, 0.4) is 0 Å². The van der Waals surface area contributed by atoms with E-state index in [1.165, 1.54) is 25.9 Å². The van der Waals surface area contributed by atoms with Crippen molar-refractivity contribution in [2.75, 3.05) is 19.6 Å². The molecule has 0 aromatic heterocycles. The molecule has 1 aliphatic heterocycles. The molecule has 1 fully saturated rings. The Morgan fingerprint density at radius 1 is 1.43 bits per heavy atom. The van der Waals surface area contributed by atoms with Crippen molar-refractivity contribution in [3.63, 3.8) is 0 Å². The van der Waals surface area contributed by atoms with Gasteiger partial charge in [0.1, 0.15) is 0 Å². The molecule has 0 radical (unpaired) electrons. The van der Waals surface area contributed by atoms with Crippen LogP contribution in [0.25, 0.3) is 0 Å². The maximum Gasteiger partial charge on any atom is 0.0153 e. The highest BCUT2D eigenvalue weighted by atomic mass is 15.2. The number of hydrogen-bond acceptors (Lipinski definition) is 2. The summed E-state index contributed by atoms with van der Waals surface area (Å²) in [4.78, 5) is 2.62. The minimum Gasteiger partial charge on any atom is -0.330 e. The van der Waals surface area contributed by atoms with Crippen molar-refractivity contribution in [1.82, 2.24) is 4.90 Å². The maximum absolute atomic E-state index is 5.76. The second kappa shape index (κ2) is 4.63. The molecule has 0 aliphatic carbocycles. The molecular formula is C12H26N2. The molecule has 0 spiro atoms. The third kappa shape index (κ3) is 2.96. The van der Waals surface area contributed by atoms with Gasteiger partial charge in [-0.3, -0.25) is 4.90 Å². The van der Waals surface area contributed by atoms with Crippen molar-refractivity contribution < 1.29 is 0 Å².